The quantitative estimate of drug-likeness (QED) is 0.361. The maximum atomic E-state index is 5.82. The summed E-state index contributed by atoms with van der Waals surface area (Å²) in [5, 5.41) is 0. The molecule has 2 N–H and O–H groups in total. The van der Waals surface area contributed by atoms with Crippen molar-refractivity contribution in [1.29, 1.82) is 0 Å². The first-order valence-electron chi connectivity index (χ1n) is 3.34. The molecule has 1 aliphatic heterocycles. The zero-order chi connectivity index (χ0) is 6.04. The second-order valence-corrected chi connectivity index (χ2v) is 2.99. The highest BCUT2D eigenvalue weighted by molar-refractivity contribution is 4.46. The van der Waals surface area contributed by atoms with Gasteiger partial charge < -0.3 is 0 Å². The van der Waals surface area contributed by atoms with E-state index in [1.807, 2.05) is 0 Å². The fourth-order valence-corrected chi connectivity index (χ4v) is 1.23. The van der Waals surface area contributed by atoms with Crippen LogP contribution in [0.15, 0.2) is 0 Å². The molecular formula is C6H15N2+. The maximum absolute atomic E-state index is 5.82. The fraction of sp³-hybridized carbons (Fsp3) is 1.00. The summed E-state index contributed by atoms with van der Waals surface area (Å²) < 4.78 is 0.750. The van der Waals surface area contributed by atoms with Gasteiger partial charge in [-0.05, 0) is 19.3 Å². The van der Waals surface area contributed by atoms with Gasteiger partial charge >= 0.3 is 0 Å². The Morgan fingerprint density at radius 2 is 1.62 bits per heavy atom. The Morgan fingerprint density at radius 3 is 1.88 bits per heavy atom. The Hall–Kier alpha value is -0.0800. The van der Waals surface area contributed by atoms with Crippen molar-refractivity contribution >= 4 is 0 Å². The van der Waals surface area contributed by atoms with E-state index in [4.69, 9.17) is 5.84 Å². The Bertz CT molecular complexity index is 70.6. The molecule has 8 heavy (non-hydrogen) atoms. The molecule has 48 valence electrons. The highest BCUT2D eigenvalue weighted by Crippen LogP contribution is 2.09. The summed E-state index contributed by atoms with van der Waals surface area (Å²) in [7, 11) is 2.10. The summed E-state index contributed by atoms with van der Waals surface area (Å²) in [4.78, 5) is 0. The third kappa shape index (κ3) is 1.46. The Balaban J connectivity index is 2.33. The molecule has 0 radical (unpaired) electrons. The molecule has 1 fully saturated rings. The summed E-state index contributed by atoms with van der Waals surface area (Å²) in [6, 6.07) is 0. The molecular weight excluding hydrogens is 100 g/mol. The number of nitrogens with two attached hydrogens (primary N) is 1. The van der Waals surface area contributed by atoms with Crippen molar-refractivity contribution < 1.29 is 4.59 Å². The van der Waals surface area contributed by atoms with Crippen LogP contribution in [0.4, 0.5) is 0 Å². The molecule has 0 spiro atoms. The number of piperidine rings is 1. The molecule has 0 bridgehead atoms. The van der Waals surface area contributed by atoms with Crippen molar-refractivity contribution in [3.8, 4) is 0 Å². The first-order chi connectivity index (χ1) is 3.71. The fourth-order valence-electron chi connectivity index (χ4n) is 1.23. The van der Waals surface area contributed by atoms with Gasteiger partial charge in [0.15, 0.2) is 0 Å². The van der Waals surface area contributed by atoms with Crippen LogP contribution in [0.1, 0.15) is 19.3 Å². The molecule has 0 saturated carbocycles. The Kier molecular flexibility index (Phi) is 1.54. The summed E-state index contributed by atoms with van der Waals surface area (Å²) in [5.74, 6) is 5.82. The van der Waals surface area contributed by atoms with Gasteiger partial charge in [-0.1, -0.05) is 0 Å². The van der Waals surface area contributed by atoms with Crippen molar-refractivity contribution in [1.82, 2.24) is 0 Å². The average molecular weight is 115 g/mol. The predicted molar refractivity (Wildman–Crippen MR) is 34.0 cm³/mol. The molecule has 1 aliphatic rings. The Morgan fingerprint density at radius 1 is 1.12 bits per heavy atom. The van der Waals surface area contributed by atoms with Crippen molar-refractivity contribution in [3.63, 3.8) is 0 Å². The number of nitrogens with zero attached hydrogens (tertiary/aromatic N) is 1. The minimum absolute atomic E-state index is 0.750. The summed E-state index contributed by atoms with van der Waals surface area (Å²) in [6.07, 6.45) is 4.00. The number of hydrogen-bond donors (Lipinski definition) is 1. The third-order valence-corrected chi connectivity index (χ3v) is 1.84. The number of likely N-dealkylation sites (tertiary alicyclic amines) is 1. The highest BCUT2D eigenvalue weighted by Gasteiger charge is 2.19. The minimum Gasteiger partial charge on any atom is -0.251 e. The first-order valence-corrected chi connectivity index (χ1v) is 3.34. The van der Waals surface area contributed by atoms with Crippen LogP contribution >= 0.6 is 0 Å². The SMILES string of the molecule is C[N+]1(N)CCCCC1. The molecule has 2 nitrogen and oxygen atoms in total. The topological polar surface area (TPSA) is 26.0 Å². The average Bonchev–Trinajstić information content (AvgIpc) is 1.65. The van der Waals surface area contributed by atoms with Crippen molar-refractivity contribution in [2.45, 2.75) is 19.3 Å². The molecule has 1 saturated heterocycles. The largest absolute Gasteiger partial charge is 0.251 e. The molecule has 0 atom stereocenters. The molecule has 0 aromatic heterocycles. The zero-order valence-electron chi connectivity index (χ0n) is 5.56. The Labute approximate surface area is 50.8 Å². The molecule has 0 aromatic rings. The van der Waals surface area contributed by atoms with E-state index in [9.17, 15) is 0 Å². The van der Waals surface area contributed by atoms with Crippen LogP contribution in [0.5, 0.6) is 0 Å². The van der Waals surface area contributed by atoms with E-state index in [-0.39, 0.29) is 0 Å². The summed E-state index contributed by atoms with van der Waals surface area (Å²) in [5.41, 5.74) is 0. The standard InChI is InChI=1S/C6H15N2/c1-8(7)5-3-2-4-6-8/h2-7H2,1H3/q+1. The van der Waals surface area contributed by atoms with Gasteiger partial charge in [0, 0.05) is 0 Å². The van der Waals surface area contributed by atoms with Gasteiger partial charge in [-0.15, -0.1) is 0 Å². The van der Waals surface area contributed by atoms with Gasteiger partial charge in [0.1, 0.15) is 0 Å². The van der Waals surface area contributed by atoms with Crippen LogP contribution in [0.3, 0.4) is 0 Å². The van der Waals surface area contributed by atoms with E-state index < -0.39 is 0 Å². The second-order valence-electron chi connectivity index (χ2n) is 2.99. The third-order valence-electron chi connectivity index (χ3n) is 1.84. The van der Waals surface area contributed by atoms with Crippen LogP contribution < -0.4 is 5.84 Å². The zero-order valence-corrected chi connectivity index (χ0v) is 5.56. The van der Waals surface area contributed by atoms with E-state index >= 15 is 0 Å². The smallest absolute Gasteiger partial charge is 0.0958 e. The second kappa shape index (κ2) is 2.03. The van der Waals surface area contributed by atoms with E-state index in [1.54, 1.807) is 0 Å². The lowest BCUT2D eigenvalue weighted by Gasteiger charge is -2.31. The highest BCUT2D eigenvalue weighted by atomic mass is 15.6. The van der Waals surface area contributed by atoms with E-state index in [2.05, 4.69) is 7.05 Å². The van der Waals surface area contributed by atoms with Gasteiger partial charge in [-0.3, -0.25) is 4.59 Å². The summed E-state index contributed by atoms with van der Waals surface area (Å²) in [6.45, 7) is 2.33. The number of hydrogen-bond acceptors (Lipinski definition) is 1. The van der Waals surface area contributed by atoms with Gasteiger partial charge in [-0.2, -0.15) is 5.84 Å². The predicted octanol–water partition coefficient (Wildman–Crippen LogP) is 0.491. The molecule has 0 amide bonds. The molecule has 0 unspecified atom stereocenters. The normalized spacial score (nSPS) is 27.8. The molecule has 0 aliphatic carbocycles. The summed E-state index contributed by atoms with van der Waals surface area (Å²) >= 11 is 0. The van der Waals surface area contributed by atoms with Crippen LogP contribution in [-0.2, 0) is 0 Å². The van der Waals surface area contributed by atoms with Crippen LogP contribution in [0, 0.1) is 0 Å². The maximum Gasteiger partial charge on any atom is 0.0958 e. The molecule has 0 aromatic carbocycles. The lowest BCUT2D eigenvalue weighted by atomic mass is 10.1. The van der Waals surface area contributed by atoms with Crippen LogP contribution in [0.2, 0.25) is 0 Å². The number of rotatable bonds is 0. The molecule has 2 heteroatoms. The van der Waals surface area contributed by atoms with Crippen molar-refractivity contribution in [2.24, 2.45) is 5.84 Å². The lowest BCUT2D eigenvalue weighted by molar-refractivity contribution is -0.925. The lowest BCUT2D eigenvalue weighted by Crippen LogP contribution is -2.53. The van der Waals surface area contributed by atoms with Gasteiger partial charge in [0.05, 0.1) is 20.1 Å². The van der Waals surface area contributed by atoms with E-state index in [1.165, 1.54) is 32.4 Å². The molecule has 1 heterocycles. The van der Waals surface area contributed by atoms with Crippen LogP contribution in [-0.4, -0.2) is 24.7 Å². The first kappa shape index (κ1) is 6.05. The van der Waals surface area contributed by atoms with Crippen molar-refractivity contribution in [3.05, 3.63) is 0 Å². The number of quaternary nitrogens is 1. The van der Waals surface area contributed by atoms with E-state index in [0.29, 0.717) is 0 Å². The van der Waals surface area contributed by atoms with Gasteiger partial charge in [0.2, 0.25) is 0 Å². The van der Waals surface area contributed by atoms with Crippen LogP contribution in [0.25, 0.3) is 0 Å². The molecule has 1 rings (SSSR count). The van der Waals surface area contributed by atoms with Gasteiger partial charge in [-0.25, -0.2) is 0 Å². The van der Waals surface area contributed by atoms with Gasteiger partial charge in [0.25, 0.3) is 0 Å². The van der Waals surface area contributed by atoms with E-state index in [0.717, 1.165) is 4.59 Å². The minimum atomic E-state index is 0.750. The monoisotopic (exact) mass is 115 g/mol. The van der Waals surface area contributed by atoms with Crippen molar-refractivity contribution in [2.75, 3.05) is 20.1 Å².